The lowest BCUT2D eigenvalue weighted by Crippen LogP contribution is -2.66. The van der Waals surface area contributed by atoms with Crippen molar-refractivity contribution in [3.05, 3.63) is 23.0 Å². The number of rotatable bonds is 8. The highest BCUT2D eigenvalue weighted by Gasteiger charge is 2.68. The highest BCUT2D eigenvalue weighted by Crippen LogP contribution is 2.60. The molecule has 2 bridgehead atoms. The summed E-state index contributed by atoms with van der Waals surface area (Å²) in [5.74, 6) is 1.38. The monoisotopic (exact) mass is 446 g/mol. The van der Waals surface area contributed by atoms with Gasteiger partial charge in [-0.05, 0) is 83.6 Å². The van der Waals surface area contributed by atoms with E-state index in [1.807, 2.05) is 6.92 Å². The largest absolute Gasteiger partial charge is 0.458 e. The van der Waals surface area contributed by atoms with Crippen LogP contribution in [-0.2, 0) is 24.0 Å². The van der Waals surface area contributed by atoms with Crippen LogP contribution in [0.4, 0.5) is 0 Å². The molecule has 4 fully saturated rings. The summed E-state index contributed by atoms with van der Waals surface area (Å²) in [5, 5.41) is 0. The van der Waals surface area contributed by atoms with Crippen LogP contribution in [0.1, 0.15) is 99.3 Å². The van der Waals surface area contributed by atoms with Crippen molar-refractivity contribution in [1.82, 2.24) is 0 Å². The van der Waals surface area contributed by atoms with Crippen LogP contribution in [0.3, 0.4) is 0 Å². The quantitative estimate of drug-likeness (QED) is 0.309. The summed E-state index contributed by atoms with van der Waals surface area (Å²) < 4.78 is 12.7. The molecule has 0 aromatic rings. The van der Waals surface area contributed by atoms with Crippen LogP contribution in [-0.4, -0.2) is 23.5 Å². The van der Waals surface area contributed by atoms with Gasteiger partial charge in [0, 0.05) is 24.7 Å². The molecule has 180 valence electrons. The van der Waals surface area contributed by atoms with Gasteiger partial charge in [-0.3, -0.25) is 4.79 Å². The Morgan fingerprint density at radius 3 is 2.72 bits per heavy atom. The molecule has 0 unspecified atom stereocenters. The van der Waals surface area contributed by atoms with Crippen molar-refractivity contribution in [2.45, 2.75) is 117 Å². The van der Waals surface area contributed by atoms with Crippen LogP contribution in [0.15, 0.2) is 23.0 Å². The third-order valence-electron chi connectivity index (χ3n) is 8.39. The zero-order chi connectivity index (χ0) is 23.1. The van der Waals surface area contributed by atoms with Gasteiger partial charge >= 0.3 is 0 Å². The van der Waals surface area contributed by atoms with Gasteiger partial charge in [-0.2, -0.15) is 0 Å². The first-order valence-corrected chi connectivity index (χ1v) is 12.7. The van der Waals surface area contributed by atoms with Crippen LogP contribution < -0.4 is 0 Å². The van der Waals surface area contributed by atoms with Crippen molar-refractivity contribution < 1.29 is 24.0 Å². The van der Waals surface area contributed by atoms with Crippen molar-refractivity contribution >= 4 is 5.78 Å². The zero-order valence-corrected chi connectivity index (χ0v) is 20.9. The molecule has 1 aliphatic carbocycles. The Morgan fingerprint density at radius 2 is 1.97 bits per heavy atom. The van der Waals surface area contributed by atoms with E-state index in [-0.39, 0.29) is 11.7 Å². The molecule has 4 aliphatic heterocycles. The fourth-order valence-electron chi connectivity index (χ4n) is 6.42. The van der Waals surface area contributed by atoms with Gasteiger partial charge in [0.2, 0.25) is 12.1 Å². The Labute approximate surface area is 193 Å². The summed E-state index contributed by atoms with van der Waals surface area (Å²) in [6.45, 7) is 12.8. The maximum absolute atomic E-state index is 13.2. The summed E-state index contributed by atoms with van der Waals surface area (Å²) in [6.07, 6.45) is 10.4. The van der Waals surface area contributed by atoms with Crippen molar-refractivity contribution in [2.24, 2.45) is 23.7 Å². The van der Waals surface area contributed by atoms with E-state index in [9.17, 15) is 4.79 Å². The number of fused-ring (bicyclic) bond motifs is 2. The Bertz CT molecular complexity index is 781. The van der Waals surface area contributed by atoms with E-state index in [0.29, 0.717) is 29.9 Å². The third-order valence-corrected chi connectivity index (χ3v) is 8.39. The second-order valence-corrected chi connectivity index (χ2v) is 11.3. The molecule has 0 aromatic heterocycles. The molecule has 0 radical (unpaired) electrons. The predicted molar refractivity (Wildman–Crippen MR) is 123 cm³/mol. The standard InChI is InChI=1S/C27H42O5/c1-17(2)9-7-10-18(3)11-8-12-23(28)24-20(5)22-14-13-19(4)21-15-16-26(6)30-25(29-24)27(21,22)32-31-26/h9,18-19,21-22,25H,7-8,10-16H2,1-6H3/t18-,19+,21-,22-,25+,26-,27+/m0/s1. The van der Waals surface area contributed by atoms with Gasteiger partial charge in [-0.1, -0.05) is 31.9 Å². The Hall–Kier alpha value is -1.17. The fraction of sp³-hybridized carbons (Fsp3) is 0.815. The normalized spacial score (nSPS) is 39.1. The van der Waals surface area contributed by atoms with Gasteiger partial charge in [0.05, 0.1) is 0 Å². The van der Waals surface area contributed by atoms with Gasteiger partial charge in [0.1, 0.15) is 0 Å². The van der Waals surface area contributed by atoms with Crippen LogP contribution in [0.2, 0.25) is 0 Å². The predicted octanol–water partition coefficient (Wildman–Crippen LogP) is 6.63. The van der Waals surface area contributed by atoms with Crippen LogP contribution >= 0.6 is 0 Å². The third kappa shape index (κ3) is 4.33. The van der Waals surface area contributed by atoms with Crippen molar-refractivity contribution in [3.8, 4) is 0 Å². The van der Waals surface area contributed by atoms with Crippen molar-refractivity contribution in [1.29, 1.82) is 0 Å². The molecule has 1 saturated carbocycles. The van der Waals surface area contributed by atoms with E-state index < -0.39 is 17.7 Å². The van der Waals surface area contributed by atoms with Gasteiger partial charge < -0.3 is 9.47 Å². The van der Waals surface area contributed by atoms with Gasteiger partial charge in [0.25, 0.3) is 0 Å². The Balaban J connectivity index is 1.45. The van der Waals surface area contributed by atoms with Gasteiger partial charge in [-0.25, -0.2) is 9.78 Å². The summed E-state index contributed by atoms with van der Waals surface area (Å²) in [7, 11) is 0. The number of carbonyl (C=O) groups is 1. The first kappa shape index (κ1) is 24.0. The average Bonchev–Trinajstić information content (AvgIpc) is 2.96. The van der Waals surface area contributed by atoms with Gasteiger partial charge in [0.15, 0.2) is 17.1 Å². The topological polar surface area (TPSA) is 54.0 Å². The fourth-order valence-corrected chi connectivity index (χ4v) is 6.42. The number of hydrogen-bond donors (Lipinski definition) is 0. The molecule has 5 aliphatic rings. The number of carbonyl (C=O) groups excluding carboxylic acids is 1. The molecule has 5 rings (SSSR count). The van der Waals surface area contributed by atoms with Crippen molar-refractivity contribution in [3.63, 3.8) is 0 Å². The first-order valence-electron chi connectivity index (χ1n) is 12.7. The second kappa shape index (κ2) is 9.23. The van der Waals surface area contributed by atoms with Crippen LogP contribution in [0, 0.1) is 23.7 Å². The molecule has 3 saturated heterocycles. The SMILES string of the molecule is CC(C)=CCC[C@H](C)CCCC(=O)C1=C(C)[C@@H]2CC[C@@H](C)[C@@H]3CC[C@]4(C)OO[C@@]23[C@H](O1)O4. The summed E-state index contributed by atoms with van der Waals surface area (Å²) in [4.78, 5) is 25.2. The van der Waals surface area contributed by atoms with Crippen LogP contribution in [0.25, 0.3) is 0 Å². The van der Waals surface area contributed by atoms with E-state index in [1.54, 1.807) is 0 Å². The Kier molecular flexibility index (Phi) is 6.91. The average molecular weight is 447 g/mol. The minimum Gasteiger partial charge on any atom is -0.458 e. The molecule has 5 heteroatoms. The van der Waals surface area contributed by atoms with E-state index in [1.165, 1.54) is 12.0 Å². The highest BCUT2D eigenvalue weighted by atomic mass is 17.3. The minimum absolute atomic E-state index is 0.104. The maximum atomic E-state index is 13.2. The molecule has 0 aromatic carbocycles. The number of ether oxygens (including phenoxy) is 2. The summed E-state index contributed by atoms with van der Waals surface area (Å²) in [6, 6.07) is 0. The van der Waals surface area contributed by atoms with E-state index in [4.69, 9.17) is 19.2 Å². The lowest BCUT2D eigenvalue weighted by Gasteiger charge is -2.57. The molecule has 32 heavy (non-hydrogen) atoms. The molecule has 0 N–H and O–H groups in total. The molecule has 1 spiro atoms. The second-order valence-electron chi connectivity index (χ2n) is 11.3. The lowest BCUT2D eigenvalue weighted by atomic mass is 9.59. The first-order chi connectivity index (χ1) is 15.2. The molecular weight excluding hydrogens is 404 g/mol. The maximum Gasteiger partial charge on any atom is 0.236 e. The summed E-state index contributed by atoms with van der Waals surface area (Å²) in [5.41, 5.74) is 1.76. The molecule has 5 nitrogen and oxygen atoms in total. The van der Waals surface area contributed by atoms with Crippen LogP contribution in [0.5, 0.6) is 0 Å². The van der Waals surface area contributed by atoms with E-state index in [2.05, 4.69) is 40.7 Å². The molecular formula is C27H42O5. The molecule has 0 amide bonds. The number of ketones is 1. The number of Topliss-reactive ketones (excluding diaryl/α,β-unsaturated/α-hetero) is 1. The van der Waals surface area contributed by atoms with E-state index in [0.717, 1.165) is 50.5 Å². The Morgan fingerprint density at radius 1 is 1.19 bits per heavy atom. The molecule has 7 atom stereocenters. The van der Waals surface area contributed by atoms with E-state index >= 15 is 0 Å². The highest BCUT2D eigenvalue weighted by molar-refractivity contribution is 5.94. The summed E-state index contributed by atoms with van der Waals surface area (Å²) >= 11 is 0. The lowest BCUT2D eigenvalue weighted by molar-refractivity contribution is -0.555. The van der Waals surface area contributed by atoms with Crippen molar-refractivity contribution in [2.75, 3.05) is 0 Å². The minimum atomic E-state index is -0.808. The molecule has 4 heterocycles. The smallest absolute Gasteiger partial charge is 0.236 e. The van der Waals surface area contributed by atoms with Gasteiger partial charge in [-0.15, -0.1) is 0 Å². The number of hydrogen-bond acceptors (Lipinski definition) is 5. The number of allylic oxidation sites excluding steroid dienone is 3. The zero-order valence-electron chi connectivity index (χ0n) is 20.9.